The summed E-state index contributed by atoms with van der Waals surface area (Å²) in [7, 11) is 1.59. The van der Waals surface area contributed by atoms with Crippen LogP contribution < -0.4 is 10.1 Å². The van der Waals surface area contributed by atoms with Crippen LogP contribution in [0.15, 0.2) is 28.7 Å². The molecular formula is C18H24N4O4. The summed E-state index contributed by atoms with van der Waals surface area (Å²) < 4.78 is 16.3. The fourth-order valence-corrected chi connectivity index (χ4v) is 2.77. The van der Waals surface area contributed by atoms with E-state index in [1.165, 1.54) is 0 Å². The molecule has 1 aliphatic rings. The average molecular weight is 360 g/mol. The summed E-state index contributed by atoms with van der Waals surface area (Å²) in [5, 5.41) is 11.0. The van der Waals surface area contributed by atoms with Crippen molar-refractivity contribution in [1.29, 1.82) is 0 Å². The summed E-state index contributed by atoms with van der Waals surface area (Å²) in [6.45, 7) is 4.84. The van der Waals surface area contributed by atoms with Gasteiger partial charge in [-0.05, 0) is 12.1 Å². The largest absolute Gasteiger partial charge is 0.496 e. The Kier molecular flexibility index (Phi) is 6.56. The van der Waals surface area contributed by atoms with Gasteiger partial charge in [0.05, 0.1) is 25.9 Å². The minimum Gasteiger partial charge on any atom is -0.496 e. The number of para-hydroxylation sites is 1. The number of carbonyl (C=O) groups excluding carboxylic acids is 1. The van der Waals surface area contributed by atoms with E-state index < -0.39 is 0 Å². The molecule has 0 spiro atoms. The van der Waals surface area contributed by atoms with Crippen LogP contribution in [0.25, 0.3) is 11.5 Å². The Morgan fingerprint density at radius 1 is 1.27 bits per heavy atom. The number of carbonyl (C=O) groups is 1. The van der Waals surface area contributed by atoms with Gasteiger partial charge in [0.2, 0.25) is 11.8 Å². The van der Waals surface area contributed by atoms with Gasteiger partial charge in [-0.2, -0.15) is 0 Å². The van der Waals surface area contributed by atoms with Gasteiger partial charge in [-0.1, -0.05) is 12.1 Å². The summed E-state index contributed by atoms with van der Waals surface area (Å²) in [5.74, 6) is 1.48. The predicted molar refractivity (Wildman–Crippen MR) is 94.9 cm³/mol. The highest BCUT2D eigenvalue weighted by Crippen LogP contribution is 2.28. The highest BCUT2D eigenvalue weighted by Gasteiger charge is 2.14. The molecule has 0 atom stereocenters. The lowest BCUT2D eigenvalue weighted by Crippen LogP contribution is -2.41. The van der Waals surface area contributed by atoms with Crippen molar-refractivity contribution in [3.05, 3.63) is 30.2 Å². The maximum Gasteiger partial charge on any atom is 0.251 e. The van der Waals surface area contributed by atoms with Gasteiger partial charge in [0, 0.05) is 39.0 Å². The summed E-state index contributed by atoms with van der Waals surface area (Å²) in [6, 6.07) is 7.44. The van der Waals surface area contributed by atoms with Crippen LogP contribution in [0.5, 0.6) is 5.75 Å². The number of amides is 1. The number of hydrogen-bond acceptors (Lipinski definition) is 7. The number of nitrogens with zero attached hydrogens (tertiary/aromatic N) is 3. The van der Waals surface area contributed by atoms with Gasteiger partial charge in [-0.25, -0.2) is 0 Å². The van der Waals surface area contributed by atoms with Crippen LogP contribution >= 0.6 is 0 Å². The molecule has 0 aliphatic carbocycles. The molecule has 8 heteroatoms. The van der Waals surface area contributed by atoms with E-state index in [1.807, 2.05) is 24.3 Å². The van der Waals surface area contributed by atoms with Crippen LogP contribution in [-0.2, 0) is 16.0 Å². The molecule has 8 nitrogen and oxygen atoms in total. The van der Waals surface area contributed by atoms with Crippen molar-refractivity contribution in [3.63, 3.8) is 0 Å². The Bertz CT molecular complexity index is 713. The molecule has 26 heavy (non-hydrogen) atoms. The fourth-order valence-electron chi connectivity index (χ4n) is 2.77. The molecular weight excluding hydrogens is 336 g/mol. The van der Waals surface area contributed by atoms with Crippen LogP contribution in [0.2, 0.25) is 0 Å². The normalized spacial score (nSPS) is 15.0. The second-order valence-electron chi connectivity index (χ2n) is 6.01. The topological polar surface area (TPSA) is 89.7 Å². The highest BCUT2D eigenvalue weighted by molar-refractivity contribution is 5.76. The Hall–Kier alpha value is -2.45. The number of rotatable bonds is 8. The van der Waals surface area contributed by atoms with Gasteiger partial charge in [0.25, 0.3) is 5.89 Å². The number of nitrogens with one attached hydrogen (secondary N) is 1. The van der Waals surface area contributed by atoms with E-state index in [2.05, 4.69) is 20.4 Å². The van der Waals surface area contributed by atoms with Gasteiger partial charge in [0.1, 0.15) is 5.75 Å². The van der Waals surface area contributed by atoms with E-state index in [4.69, 9.17) is 13.9 Å². The molecule has 1 aliphatic heterocycles. The van der Waals surface area contributed by atoms with Crippen LogP contribution in [0, 0.1) is 0 Å². The fraction of sp³-hybridized carbons (Fsp3) is 0.500. The molecule has 140 valence electrons. The van der Waals surface area contributed by atoms with E-state index in [1.54, 1.807) is 7.11 Å². The maximum atomic E-state index is 12.0. The quantitative estimate of drug-likeness (QED) is 0.755. The van der Waals surface area contributed by atoms with Crippen LogP contribution in [-0.4, -0.2) is 67.5 Å². The van der Waals surface area contributed by atoms with Gasteiger partial charge in [-0.15, -0.1) is 10.2 Å². The van der Waals surface area contributed by atoms with Crippen molar-refractivity contribution in [2.24, 2.45) is 0 Å². The third-order valence-electron chi connectivity index (χ3n) is 4.22. The Morgan fingerprint density at radius 2 is 2.08 bits per heavy atom. The van der Waals surface area contributed by atoms with E-state index in [9.17, 15) is 4.79 Å². The van der Waals surface area contributed by atoms with Crippen molar-refractivity contribution < 1.29 is 18.7 Å². The predicted octanol–water partition coefficient (Wildman–Crippen LogP) is 1.13. The second kappa shape index (κ2) is 9.30. The first-order valence-electron chi connectivity index (χ1n) is 8.79. The van der Waals surface area contributed by atoms with Crippen molar-refractivity contribution >= 4 is 5.91 Å². The smallest absolute Gasteiger partial charge is 0.251 e. The second-order valence-corrected chi connectivity index (χ2v) is 6.01. The van der Waals surface area contributed by atoms with Crippen LogP contribution in [0.1, 0.15) is 12.3 Å². The molecule has 1 saturated heterocycles. The summed E-state index contributed by atoms with van der Waals surface area (Å²) in [6.07, 6.45) is 0.724. The van der Waals surface area contributed by atoms with Crippen molar-refractivity contribution in [2.45, 2.75) is 12.8 Å². The molecule has 2 aromatic rings. The molecule has 0 saturated carbocycles. The Labute approximate surface area is 152 Å². The summed E-state index contributed by atoms with van der Waals surface area (Å²) in [5.41, 5.74) is 0.740. The molecule has 0 unspecified atom stereocenters. The molecule has 1 fully saturated rings. The molecule has 0 radical (unpaired) electrons. The van der Waals surface area contributed by atoms with Crippen LogP contribution in [0.4, 0.5) is 0 Å². The third kappa shape index (κ3) is 5.03. The number of aromatic nitrogens is 2. The van der Waals surface area contributed by atoms with Crippen molar-refractivity contribution in [2.75, 3.05) is 46.5 Å². The highest BCUT2D eigenvalue weighted by atomic mass is 16.5. The van der Waals surface area contributed by atoms with Gasteiger partial charge >= 0.3 is 0 Å². The van der Waals surface area contributed by atoms with Gasteiger partial charge in [0.15, 0.2) is 0 Å². The molecule has 1 aromatic carbocycles. The maximum absolute atomic E-state index is 12.0. The number of benzene rings is 1. The first kappa shape index (κ1) is 18.3. The number of aryl methyl sites for hydroxylation is 1. The van der Waals surface area contributed by atoms with E-state index >= 15 is 0 Å². The molecule has 1 aromatic heterocycles. The Morgan fingerprint density at radius 3 is 2.88 bits per heavy atom. The van der Waals surface area contributed by atoms with Gasteiger partial charge < -0.3 is 19.2 Å². The molecule has 1 amide bonds. The zero-order chi connectivity index (χ0) is 18.2. The lowest BCUT2D eigenvalue weighted by molar-refractivity contribution is -0.121. The zero-order valence-electron chi connectivity index (χ0n) is 14.9. The van der Waals surface area contributed by atoms with E-state index in [0.29, 0.717) is 36.9 Å². The van der Waals surface area contributed by atoms with E-state index in [0.717, 1.165) is 38.4 Å². The number of hydrogen-bond donors (Lipinski definition) is 1. The number of methoxy groups -OCH3 is 1. The van der Waals surface area contributed by atoms with Crippen molar-refractivity contribution in [3.8, 4) is 17.2 Å². The minimum atomic E-state index is -0.0182. The first-order valence-corrected chi connectivity index (χ1v) is 8.79. The van der Waals surface area contributed by atoms with Crippen molar-refractivity contribution in [1.82, 2.24) is 20.4 Å². The molecule has 3 rings (SSSR count). The lowest BCUT2D eigenvalue weighted by atomic mass is 10.2. The standard InChI is InChI=1S/C18H24N4O4/c1-24-15-5-3-2-4-14(15)18-21-20-17(26-18)7-6-16(23)19-8-9-22-10-12-25-13-11-22/h2-5H,6-13H2,1H3,(H,19,23). The SMILES string of the molecule is COc1ccccc1-c1nnc(CCC(=O)NCCN2CCOCC2)o1. The first-order chi connectivity index (χ1) is 12.8. The van der Waals surface area contributed by atoms with Crippen LogP contribution in [0.3, 0.4) is 0 Å². The lowest BCUT2D eigenvalue weighted by Gasteiger charge is -2.26. The molecule has 0 bridgehead atoms. The molecule has 1 N–H and O–H groups in total. The minimum absolute atomic E-state index is 0.0182. The Balaban J connectivity index is 1.43. The summed E-state index contributed by atoms with van der Waals surface area (Å²) in [4.78, 5) is 14.3. The third-order valence-corrected chi connectivity index (χ3v) is 4.22. The summed E-state index contributed by atoms with van der Waals surface area (Å²) >= 11 is 0. The monoisotopic (exact) mass is 360 g/mol. The number of morpholine rings is 1. The van der Waals surface area contributed by atoms with E-state index in [-0.39, 0.29) is 5.91 Å². The average Bonchev–Trinajstić information content (AvgIpc) is 3.16. The van der Waals surface area contributed by atoms with Gasteiger partial charge in [-0.3, -0.25) is 9.69 Å². The zero-order valence-corrected chi connectivity index (χ0v) is 14.9. The molecule has 2 heterocycles. The number of ether oxygens (including phenoxy) is 2.